The molecule has 0 spiro atoms. The van der Waals surface area contributed by atoms with Crippen molar-refractivity contribution in [2.75, 3.05) is 13.2 Å². The zero-order valence-electron chi connectivity index (χ0n) is 11.8. The van der Waals surface area contributed by atoms with Gasteiger partial charge in [0, 0.05) is 31.3 Å². The van der Waals surface area contributed by atoms with Crippen LogP contribution in [-0.4, -0.2) is 34.1 Å². The van der Waals surface area contributed by atoms with Crippen LogP contribution in [0, 0.1) is 0 Å². The van der Waals surface area contributed by atoms with Crippen LogP contribution in [0.15, 0.2) is 24.4 Å². The molecule has 1 aliphatic heterocycles. The Morgan fingerprint density at radius 3 is 3.05 bits per heavy atom. The van der Waals surface area contributed by atoms with E-state index in [1.807, 2.05) is 18.2 Å². The topological polar surface area (TPSA) is 77.0 Å². The summed E-state index contributed by atoms with van der Waals surface area (Å²) in [5.41, 5.74) is 2.73. The van der Waals surface area contributed by atoms with Crippen molar-refractivity contribution in [3.63, 3.8) is 0 Å². The number of carbonyl (C=O) groups is 1. The van der Waals surface area contributed by atoms with Crippen LogP contribution >= 0.6 is 0 Å². The number of hydrogen-bond donors (Lipinski definition) is 1. The van der Waals surface area contributed by atoms with Crippen molar-refractivity contribution in [2.45, 2.75) is 19.9 Å². The van der Waals surface area contributed by atoms with Crippen LogP contribution in [-0.2, 0) is 17.7 Å². The van der Waals surface area contributed by atoms with Gasteiger partial charge in [-0.05, 0) is 19.1 Å². The highest BCUT2D eigenvalue weighted by Gasteiger charge is 2.23. The zero-order valence-corrected chi connectivity index (χ0v) is 11.8. The molecule has 6 nitrogen and oxygen atoms in total. The van der Waals surface area contributed by atoms with Gasteiger partial charge >= 0.3 is 5.97 Å². The third-order valence-electron chi connectivity index (χ3n) is 3.30. The van der Waals surface area contributed by atoms with E-state index >= 15 is 0 Å². The second-order valence-electron chi connectivity index (χ2n) is 4.68. The number of carbonyl (C=O) groups excluding carboxylic acids is 1. The number of rotatable bonds is 3. The third-order valence-corrected chi connectivity index (χ3v) is 3.30. The minimum atomic E-state index is -0.406. The molecule has 0 atom stereocenters. The molecule has 0 fully saturated rings. The molecule has 0 amide bonds. The predicted molar refractivity (Wildman–Crippen MR) is 76.6 cm³/mol. The van der Waals surface area contributed by atoms with Crippen molar-refractivity contribution < 1.29 is 9.53 Å². The maximum atomic E-state index is 12.1. The molecule has 2 aromatic rings. The molecule has 0 bridgehead atoms. The van der Waals surface area contributed by atoms with Crippen molar-refractivity contribution in [3.05, 3.63) is 41.3 Å². The molecular weight excluding hydrogens is 268 g/mol. The van der Waals surface area contributed by atoms with Crippen LogP contribution < -0.4 is 5.32 Å². The first kappa shape index (κ1) is 13.6. The number of pyridine rings is 1. The number of esters is 1. The Balaban J connectivity index is 2.11. The van der Waals surface area contributed by atoms with E-state index in [9.17, 15) is 4.79 Å². The summed E-state index contributed by atoms with van der Waals surface area (Å²) < 4.78 is 5.11. The van der Waals surface area contributed by atoms with Gasteiger partial charge in [0.05, 0.1) is 12.3 Å². The molecule has 0 saturated carbocycles. The van der Waals surface area contributed by atoms with Crippen LogP contribution in [0.5, 0.6) is 0 Å². The van der Waals surface area contributed by atoms with E-state index in [0.717, 1.165) is 24.2 Å². The molecule has 0 aliphatic carbocycles. The monoisotopic (exact) mass is 284 g/mol. The predicted octanol–water partition coefficient (Wildman–Crippen LogP) is 1.36. The standard InChI is InChI=1S/C15H16N4O2/c1-2-21-15(20)13-10-9-16-8-6-11(10)18-14(19-13)12-5-3-4-7-17-12/h3-5,7,16H,2,6,8-9H2,1H3. The van der Waals surface area contributed by atoms with Gasteiger partial charge in [-0.3, -0.25) is 4.98 Å². The molecular formula is C15H16N4O2. The minimum absolute atomic E-state index is 0.323. The third kappa shape index (κ3) is 2.75. The molecule has 0 unspecified atom stereocenters. The van der Waals surface area contributed by atoms with Gasteiger partial charge in [0.2, 0.25) is 0 Å². The molecule has 3 heterocycles. The first-order chi connectivity index (χ1) is 10.3. The van der Waals surface area contributed by atoms with E-state index < -0.39 is 5.97 Å². The summed E-state index contributed by atoms with van der Waals surface area (Å²) >= 11 is 0. The number of ether oxygens (including phenoxy) is 1. The van der Waals surface area contributed by atoms with Crippen molar-refractivity contribution in [3.8, 4) is 11.5 Å². The minimum Gasteiger partial charge on any atom is -0.461 e. The quantitative estimate of drug-likeness (QED) is 0.858. The van der Waals surface area contributed by atoms with Gasteiger partial charge < -0.3 is 10.1 Å². The van der Waals surface area contributed by atoms with Gasteiger partial charge in [-0.1, -0.05) is 6.07 Å². The Kier molecular flexibility index (Phi) is 3.87. The largest absolute Gasteiger partial charge is 0.461 e. The molecule has 0 saturated heterocycles. The summed E-state index contributed by atoms with van der Waals surface area (Å²) in [6, 6.07) is 5.53. The van der Waals surface area contributed by atoms with E-state index in [4.69, 9.17) is 4.74 Å². The summed E-state index contributed by atoms with van der Waals surface area (Å²) in [5.74, 6) is 0.0661. The molecule has 3 rings (SSSR count). The summed E-state index contributed by atoms with van der Waals surface area (Å²) in [7, 11) is 0. The van der Waals surface area contributed by atoms with Crippen molar-refractivity contribution in [1.29, 1.82) is 0 Å². The first-order valence-electron chi connectivity index (χ1n) is 6.98. The molecule has 6 heteroatoms. The highest BCUT2D eigenvalue weighted by atomic mass is 16.5. The smallest absolute Gasteiger partial charge is 0.357 e. The van der Waals surface area contributed by atoms with E-state index in [-0.39, 0.29) is 0 Å². The van der Waals surface area contributed by atoms with E-state index in [1.54, 1.807) is 13.1 Å². The maximum Gasteiger partial charge on any atom is 0.357 e. The van der Waals surface area contributed by atoms with Crippen LogP contribution in [0.25, 0.3) is 11.5 Å². The first-order valence-corrected chi connectivity index (χ1v) is 6.98. The normalized spacial score (nSPS) is 13.6. The maximum absolute atomic E-state index is 12.1. The van der Waals surface area contributed by atoms with Gasteiger partial charge in [-0.2, -0.15) is 0 Å². The number of hydrogen-bond acceptors (Lipinski definition) is 6. The SMILES string of the molecule is CCOC(=O)c1nc(-c2ccccn2)nc2c1CNCC2. The van der Waals surface area contributed by atoms with Crippen LogP contribution in [0.4, 0.5) is 0 Å². The molecule has 108 valence electrons. The molecule has 1 N–H and O–H groups in total. The van der Waals surface area contributed by atoms with Gasteiger partial charge in [0.1, 0.15) is 5.69 Å². The van der Waals surface area contributed by atoms with Crippen LogP contribution in [0.3, 0.4) is 0 Å². The average molecular weight is 284 g/mol. The number of aromatic nitrogens is 3. The van der Waals surface area contributed by atoms with Crippen molar-refractivity contribution >= 4 is 5.97 Å². The van der Waals surface area contributed by atoms with E-state index in [0.29, 0.717) is 30.4 Å². The molecule has 0 radical (unpaired) electrons. The fourth-order valence-corrected chi connectivity index (χ4v) is 2.32. The molecule has 1 aliphatic rings. The second kappa shape index (κ2) is 5.97. The Hall–Kier alpha value is -2.34. The lowest BCUT2D eigenvalue weighted by atomic mass is 10.0. The summed E-state index contributed by atoms with van der Waals surface area (Å²) in [6.45, 7) is 3.54. The summed E-state index contributed by atoms with van der Waals surface area (Å²) in [6.07, 6.45) is 2.45. The van der Waals surface area contributed by atoms with Gasteiger partial charge in [0.25, 0.3) is 0 Å². The highest BCUT2D eigenvalue weighted by Crippen LogP contribution is 2.21. The van der Waals surface area contributed by atoms with Crippen LogP contribution in [0.2, 0.25) is 0 Å². The fourth-order valence-electron chi connectivity index (χ4n) is 2.32. The summed E-state index contributed by atoms with van der Waals surface area (Å²) in [5, 5.41) is 3.23. The van der Waals surface area contributed by atoms with Crippen LogP contribution in [0.1, 0.15) is 28.7 Å². The van der Waals surface area contributed by atoms with E-state index in [1.165, 1.54) is 0 Å². The number of fused-ring (bicyclic) bond motifs is 1. The lowest BCUT2D eigenvalue weighted by molar-refractivity contribution is 0.0517. The average Bonchev–Trinajstić information content (AvgIpc) is 2.55. The molecule has 21 heavy (non-hydrogen) atoms. The molecule has 0 aromatic carbocycles. The van der Waals surface area contributed by atoms with Crippen molar-refractivity contribution in [1.82, 2.24) is 20.3 Å². The molecule has 2 aromatic heterocycles. The zero-order chi connectivity index (χ0) is 14.7. The fraction of sp³-hybridized carbons (Fsp3) is 0.333. The number of nitrogens with one attached hydrogen (secondary N) is 1. The lowest BCUT2D eigenvalue weighted by Gasteiger charge is -2.19. The Labute approximate surface area is 122 Å². The van der Waals surface area contributed by atoms with Gasteiger partial charge in [0.15, 0.2) is 11.5 Å². The van der Waals surface area contributed by atoms with E-state index in [2.05, 4.69) is 20.3 Å². The van der Waals surface area contributed by atoms with Crippen molar-refractivity contribution in [2.24, 2.45) is 0 Å². The number of nitrogens with zero attached hydrogens (tertiary/aromatic N) is 3. The van der Waals surface area contributed by atoms with Gasteiger partial charge in [-0.25, -0.2) is 14.8 Å². The Morgan fingerprint density at radius 2 is 2.29 bits per heavy atom. The van der Waals surface area contributed by atoms with Gasteiger partial charge in [-0.15, -0.1) is 0 Å². The lowest BCUT2D eigenvalue weighted by Crippen LogP contribution is -2.28. The highest BCUT2D eigenvalue weighted by molar-refractivity contribution is 5.89. The Bertz CT molecular complexity index is 658. The Morgan fingerprint density at radius 1 is 1.38 bits per heavy atom. The second-order valence-corrected chi connectivity index (χ2v) is 4.68. The summed E-state index contributed by atoms with van der Waals surface area (Å²) in [4.78, 5) is 25.3.